The van der Waals surface area contributed by atoms with Gasteiger partial charge in [-0.05, 0) is 41.1 Å². The maximum absolute atomic E-state index is 11.8. The topological polar surface area (TPSA) is 55.4 Å². The molecule has 1 atom stereocenters. The van der Waals surface area contributed by atoms with Crippen molar-refractivity contribution in [3.8, 4) is 0 Å². The van der Waals surface area contributed by atoms with Crippen molar-refractivity contribution in [3.05, 3.63) is 22.4 Å². The number of hydrogen-bond donors (Lipinski definition) is 1. The van der Waals surface area contributed by atoms with Gasteiger partial charge in [0, 0.05) is 6.42 Å². The molecule has 0 spiro atoms. The van der Waals surface area contributed by atoms with Crippen molar-refractivity contribution in [1.82, 2.24) is 5.32 Å². The van der Waals surface area contributed by atoms with Crippen LogP contribution in [0.4, 0.5) is 0 Å². The smallest absolute Gasteiger partial charge is 0.328 e. The quantitative estimate of drug-likeness (QED) is 0.782. The fourth-order valence-corrected chi connectivity index (χ4v) is 2.49. The molecule has 0 aliphatic carbocycles. The molecule has 1 aromatic heterocycles. The van der Waals surface area contributed by atoms with Crippen molar-refractivity contribution in [2.24, 2.45) is 5.92 Å². The standard InChI is InChI=1S/C14H21NO3S/c1-10(2)8-12(14(17)18-3)15-13(16)5-4-11-6-7-19-9-11/h6-7,9-10,12H,4-5,8H2,1-3H3,(H,15,16). The van der Waals surface area contributed by atoms with Crippen LogP contribution < -0.4 is 5.32 Å². The van der Waals surface area contributed by atoms with Crippen molar-refractivity contribution in [3.63, 3.8) is 0 Å². The highest BCUT2D eigenvalue weighted by atomic mass is 32.1. The zero-order valence-electron chi connectivity index (χ0n) is 11.6. The Labute approximate surface area is 118 Å². The molecule has 0 aliphatic rings. The summed E-state index contributed by atoms with van der Waals surface area (Å²) in [6, 6.07) is 1.46. The van der Waals surface area contributed by atoms with Crippen LogP contribution in [0.3, 0.4) is 0 Å². The average molecular weight is 283 g/mol. The maximum Gasteiger partial charge on any atom is 0.328 e. The van der Waals surface area contributed by atoms with Crippen LogP contribution in [0, 0.1) is 5.92 Å². The summed E-state index contributed by atoms with van der Waals surface area (Å²) in [5.74, 6) is -0.166. The first-order chi connectivity index (χ1) is 9.02. The van der Waals surface area contributed by atoms with E-state index in [9.17, 15) is 9.59 Å². The van der Waals surface area contributed by atoms with E-state index in [2.05, 4.69) is 5.32 Å². The number of ether oxygens (including phenoxy) is 1. The number of hydrogen-bond acceptors (Lipinski definition) is 4. The molecular weight excluding hydrogens is 262 g/mol. The lowest BCUT2D eigenvalue weighted by Gasteiger charge is -2.18. The SMILES string of the molecule is COC(=O)C(CC(C)C)NC(=O)CCc1ccsc1. The van der Waals surface area contributed by atoms with Crippen molar-refractivity contribution < 1.29 is 14.3 Å². The Morgan fingerprint density at radius 3 is 2.68 bits per heavy atom. The summed E-state index contributed by atoms with van der Waals surface area (Å²) in [5.41, 5.74) is 1.15. The number of rotatable bonds is 7. The fraction of sp³-hybridized carbons (Fsp3) is 0.571. The minimum absolute atomic E-state index is 0.109. The van der Waals surface area contributed by atoms with E-state index in [4.69, 9.17) is 4.74 Å². The van der Waals surface area contributed by atoms with Gasteiger partial charge in [0.05, 0.1) is 7.11 Å². The number of carbonyl (C=O) groups excluding carboxylic acids is 2. The lowest BCUT2D eigenvalue weighted by atomic mass is 10.0. The van der Waals surface area contributed by atoms with Gasteiger partial charge >= 0.3 is 5.97 Å². The minimum atomic E-state index is -0.542. The van der Waals surface area contributed by atoms with Crippen LogP contribution >= 0.6 is 11.3 Å². The van der Waals surface area contributed by atoms with Gasteiger partial charge in [-0.1, -0.05) is 13.8 Å². The highest BCUT2D eigenvalue weighted by Crippen LogP contribution is 2.10. The Balaban J connectivity index is 2.44. The minimum Gasteiger partial charge on any atom is -0.467 e. The van der Waals surface area contributed by atoms with Crippen LogP contribution in [0.25, 0.3) is 0 Å². The predicted molar refractivity (Wildman–Crippen MR) is 76.0 cm³/mol. The molecule has 1 rings (SSSR count). The first-order valence-corrected chi connectivity index (χ1v) is 7.35. The van der Waals surface area contributed by atoms with E-state index in [0.29, 0.717) is 25.2 Å². The van der Waals surface area contributed by atoms with Gasteiger partial charge in [0.2, 0.25) is 5.91 Å². The number of esters is 1. The number of amides is 1. The van der Waals surface area contributed by atoms with Crippen LogP contribution in [-0.4, -0.2) is 25.0 Å². The number of methoxy groups -OCH3 is 1. The molecule has 0 saturated heterocycles. The van der Waals surface area contributed by atoms with E-state index in [-0.39, 0.29) is 11.9 Å². The normalized spacial score (nSPS) is 12.2. The van der Waals surface area contributed by atoms with Gasteiger partial charge < -0.3 is 10.1 Å². The average Bonchev–Trinajstić information content (AvgIpc) is 2.87. The second kappa shape index (κ2) is 7.94. The van der Waals surface area contributed by atoms with Crippen LogP contribution in [0.15, 0.2) is 16.8 Å². The van der Waals surface area contributed by atoms with E-state index in [1.54, 1.807) is 11.3 Å². The molecule has 1 aromatic rings. The summed E-state index contributed by atoms with van der Waals surface area (Å²) < 4.78 is 4.71. The predicted octanol–water partition coefficient (Wildman–Crippen LogP) is 2.38. The van der Waals surface area contributed by atoms with Gasteiger partial charge in [0.1, 0.15) is 6.04 Å². The number of aryl methyl sites for hydroxylation is 1. The van der Waals surface area contributed by atoms with E-state index in [0.717, 1.165) is 5.56 Å². The van der Waals surface area contributed by atoms with Crippen LogP contribution in [0.2, 0.25) is 0 Å². The number of carbonyl (C=O) groups is 2. The molecule has 0 radical (unpaired) electrons. The van der Waals surface area contributed by atoms with Crippen LogP contribution in [0.1, 0.15) is 32.3 Å². The summed E-state index contributed by atoms with van der Waals surface area (Å²) in [4.78, 5) is 23.4. The molecule has 1 heterocycles. The van der Waals surface area contributed by atoms with Crippen molar-refractivity contribution >= 4 is 23.2 Å². The first kappa shape index (κ1) is 15.7. The summed E-state index contributed by atoms with van der Waals surface area (Å²) in [5, 5.41) is 6.77. The Kier molecular flexibility index (Phi) is 6.56. The van der Waals surface area contributed by atoms with Gasteiger partial charge in [-0.2, -0.15) is 11.3 Å². The molecule has 0 saturated carbocycles. The van der Waals surface area contributed by atoms with E-state index < -0.39 is 6.04 Å². The van der Waals surface area contributed by atoms with Crippen molar-refractivity contribution in [2.75, 3.05) is 7.11 Å². The zero-order chi connectivity index (χ0) is 14.3. The molecular formula is C14H21NO3S. The highest BCUT2D eigenvalue weighted by Gasteiger charge is 2.22. The molecule has 4 nitrogen and oxygen atoms in total. The second-order valence-corrected chi connectivity index (χ2v) is 5.68. The van der Waals surface area contributed by atoms with E-state index >= 15 is 0 Å². The third-order valence-corrected chi connectivity index (χ3v) is 3.48. The second-order valence-electron chi connectivity index (χ2n) is 4.90. The fourth-order valence-electron chi connectivity index (χ4n) is 1.79. The molecule has 1 N–H and O–H groups in total. The largest absolute Gasteiger partial charge is 0.467 e. The molecule has 19 heavy (non-hydrogen) atoms. The van der Waals surface area contributed by atoms with Crippen LogP contribution in [0.5, 0.6) is 0 Å². The molecule has 0 aliphatic heterocycles. The van der Waals surface area contributed by atoms with E-state index in [1.807, 2.05) is 30.7 Å². The summed E-state index contributed by atoms with van der Waals surface area (Å²) in [6.07, 6.45) is 1.68. The van der Waals surface area contributed by atoms with Crippen LogP contribution in [-0.2, 0) is 20.7 Å². The third-order valence-electron chi connectivity index (χ3n) is 2.75. The molecule has 0 bridgehead atoms. The number of nitrogens with one attached hydrogen (secondary N) is 1. The van der Waals surface area contributed by atoms with Crippen molar-refractivity contribution in [2.45, 2.75) is 39.2 Å². The molecule has 0 fully saturated rings. The number of thiophene rings is 1. The Morgan fingerprint density at radius 2 is 2.16 bits per heavy atom. The summed E-state index contributed by atoms with van der Waals surface area (Å²) in [7, 11) is 1.34. The monoisotopic (exact) mass is 283 g/mol. The van der Waals surface area contributed by atoms with Gasteiger partial charge in [-0.25, -0.2) is 4.79 Å². The first-order valence-electron chi connectivity index (χ1n) is 6.41. The Morgan fingerprint density at radius 1 is 1.42 bits per heavy atom. The highest BCUT2D eigenvalue weighted by molar-refractivity contribution is 7.07. The van der Waals surface area contributed by atoms with Crippen molar-refractivity contribution in [1.29, 1.82) is 0 Å². The zero-order valence-corrected chi connectivity index (χ0v) is 12.5. The van der Waals surface area contributed by atoms with Gasteiger partial charge in [-0.3, -0.25) is 4.79 Å². The molecule has 5 heteroatoms. The van der Waals surface area contributed by atoms with E-state index in [1.165, 1.54) is 7.11 Å². The summed E-state index contributed by atoms with van der Waals surface area (Å²) in [6.45, 7) is 4.01. The molecule has 106 valence electrons. The van der Waals surface area contributed by atoms with Gasteiger partial charge in [-0.15, -0.1) is 0 Å². The lowest BCUT2D eigenvalue weighted by Crippen LogP contribution is -2.42. The molecule has 1 amide bonds. The summed E-state index contributed by atoms with van der Waals surface area (Å²) >= 11 is 1.62. The Hall–Kier alpha value is -1.36. The Bertz CT molecular complexity index is 401. The molecule has 0 aromatic carbocycles. The lowest BCUT2D eigenvalue weighted by molar-refractivity contribution is -0.145. The van der Waals surface area contributed by atoms with Gasteiger partial charge in [0.15, 0.2) is 0 Å². The maximum atomic E-state index is 11.8. The molecule has 1 unspecified atom stereocenters. The third kappa shape index (κ3) is 5.87. The van der Waals surface area contributed by atoms with Gasteiger partial charge in [0.25, 0.3) is 0 Å².